The first-order valence-corrected chi connectivity index (χ1v) is 11.8. The molecule has 0 saturated heterocycles. The fourth-order valence-corrected chi connectivity index (χ4v) is 3.95. The van der Waals surface area contributed by atoms with Crippen LogP contribution in [0.4, 0.5) is 4.79 Å². The molecule has 2 amide bonds. The fraction of sp³-hybridized carbons (Fsp3) is 0.192. The zero-order chi connectivity index (χ0) is 24.3. The van der Waals surface area contributed by atoms with Gasteiger partial charge in [0.25, 0.3) is 0 Å². The molecule has 3 N–H and O–H groups in total. The second kappa shape index (κ2) is 12.7. The van der Waals surface area contributed by atoms with E-state index in [1.54, 1.807) is 0 Å². The minimum Gasteiger partial charge on any atom is -0.480 e. The van der Waals surface area contributed by atoms with Crippen LogP contribution in [0.5, 0.6) is 0 Å². The number of halogens is 1. The number of rotatable bonds is 10. The number of carbonyl (C=O) groups excluding carboxylic acids is 2. The molecule has 0 spiro atoms. The molecule has 0 aliphatic carbocycles. The van der Waals surface area contributed by atoms with E-state index in [2.05, 4.69) is 33.2 Å². The molecule has 0 aliphatic rings. The van der Waals surface area contributed by atoms with Crippen molar-refractivity contribution in [3.63, 3.8) is 0 Å². The summed E-state index contributed by atoms with van der Waals surface area (Å²) in [5, 5.41) is 14.8. The summed E-state index contributed by atoms with van der Waals surface area (Å²) in [6.45, 7) is 0.0523. The summed E-state index contributed by atoms with van der Waals surface area (Å²) in [4.78, 5) is 37.4. The van der Waals surface area contributed by atoms with Crippen LogP contribution in [0.1, 0.15) is 16.7 Å². The highest BCUT2D eigenvalue weighted by Crippen LogP contribution is 2.11. The molecule has 0 saturated carbocycles. The van der Waals surface area contributed by atoms with Gasteiger partial charge in [-0.05, 0) is 51.4 Å². The number of carboxylic acid groups (broad SMARTS) is 1. The van der Waals surface area contributed by atoms with E-state index in [1.807, 2.05) is 84.9 Å². The molecule has 0 aliphatic heterocycles. The Balaban J connectivity index is 1.69. The van der Waals surface area contributed by atoms with Crippen LogP contribution >= 0.6 is 22.6 Å². The molecule has 0 fully saturated rings. The predicted molar refractivity (Wildman–Crippen MR) is 136 cm³/mol. The average molecular weight is 572 g/mol. The van der Waals surface area contributed by atoms with Gasteiger partial charge in [-0.15, -0.1) is 0 Å². The van der Waals surface area contributed by atoms with Gasteiger partial charge in [-0.3, -0.25) is 4.79 Å². The number of ether oxygens (including phenoxy) is 1. The minimum absolute atomic E-state index is 0.0523. The number of hydrogen-bond acceptors (Lipinski definition) is 4. The molecule has 0 heterocycles. The summed E-state index contributed by atoms with van der Waals surface area (Å²) in [5.41, 5.74) is 2.41. The van der Waals surface area contributed by atoms with Crippen molar-refractivity contribution in [2.24, 2.45) is 0 Å². The van der Waals surface area contributed by atoms with Gasteiger partial charge in [0.15, 0.2) is 0 Å². The molecule has 0 aromatic heterocycles. The van der Waals surface area contributed by atoms with Crippen LogP contribution in [0.15, 0.2) is 84.9 Å². The summed E-state index contributed by atoms with van der Waals surface area (Å²) >= 11 is 2.15. The molecule has 0 unspecified atom stereocenters. The van der Waals surface area contributed by atoms with Crippen LogP contribution in [-0.4, -0.2) is 35.2 Å². The highest BCUT2D eigenvalue weighted by atomic mass is 127. The molecule has 3 aromatic carbocycles. The summed E-state index contributed by atoms with van der Waals surface area (Å²) < 4.78 is 6.23. The van der Waals surface area contributed by atoms with E-state index in [4.69, 9.17) is 4.74 Å². The topological polar surface area (TPSA) is 105 Å². The molecule has 3 rings (SSSR count). The van der Waals surface area contributed by atoms with Gasteiger partial charge in [-0.25, -0.2) is 9.59 Å². The molecule has 3 aromatic rings. The number of amides is 2. The number of carbonyl (C=O) groups is 3. The van der Waals surface area contributed by atoms with Gasteiger partial charge in [0.05, 0.1) is 0 Å². The molecule has 0 radical (unpaired) electrons. The lowest BCUT2D eigenvalue weighted by Gasteiger charge is -2.21. The van der Waals surface area contributed by atoms with Crippen molar-refractivity contribution < 1.29 is 24.2 Å². The summed E-state index contributed by atoms with van der Waals surface area (Å²) in [6, 6.07) is 23.6. The Morgan fingerprint density at radius 3 is 1.97 bits per heavy atom. The molecular formula is C26H25IN2O5. The third-order valence-corrected chi connectivity index (χ3v) is 5.72. The van der Waals surface area contributed by atoms with Crippen molar-refractivity contribution in [2.75, 3.05) is 0 Å². The molecular weight excluding hydrogens is 547 g/mol. The third-order valence-electron chi connectivity index (χ3n) is 5.05. The van der Waals surface area contributed by atoms with Crippen LogP contribution in [0, 0.1) is 3.57 Å². The Kier molecular flexibility index (Phi) is 9.45. The minimum atomic E-state index is -1.16. The Hall–Kier alpha value is -3.40. The SMILES string of the molecule is O=C(N[C@H](Cc1ccccc1)C(=O)N[C@@H](Cc1cccc(I)c1)C(=O)O)OCc1ccccc1. The van der Waals surface area contributed by atoms with Crippen LogP contribution in [0.3, 0.4) is 0 Å². The van der Waals surface area contributed by atoms with Gasteiger partial charge < -0.3 is 20.5 Å². The maximum absolute atomic E-state index is 13.1. The highest BCUT2D eigenvalue weighted by molar-refractivity contribution is 14.1. The number of aliphatic carboxylic acids is 1. The van der Waals surface area contributed by atoms with Gasteiger partial charge in [0.2, 0.25) is 5.91 Å². The Labute approximate surface area is 211 Å². The lowest BCUT2D eigenvalue weighted by molar-refractivity contribution is -0.142. The zero-order valence-electron chi connectivity index (χ0n) is 18.3. The van der Waals surface area contributed by atoms with Crippen LogP contribution < -0.4 is 10.6 Å². The van der Waals surface area contributed by atoms with Crippen LogP contribution in [0.2, 0.25) is 0 Å². The van der Waals surface area contributed by atoms with Gasteiger partial charge in [-0.2, -0.15) is 0 Å². The Morgan fingerprint density at radius 1 is 0.765 bits per heavy atom. The zero-order valence-corrected chi connectivity index (χ0v) is 20.5. The van der Waals surface area contributed by atoms with Crippen molar-refractivity contribution in [1.82, 2.24) is 10.6 Å². The van der Waals surface area contributed by atoms with Crippen molar-refractivity contribution in [3.8, 4) is 0 Å². The van der Waals surface area contributed by atoms with Gasteiger partial charge in [-0.1, -0.05) is 72.8 Å². The lowest BCUT2D eigenvalue weighted by Crippen LogP contribution is -2.53. The van der Waals surface area contributed by atoms with Gasteiger partial charge in [0.1, 0.15) is 18.7 Å². The molecule has 7 nitrogen and oxygen atoms in total. The second-order valence-corrected chi connectivity index (χ2v) is 8.93. The predicted octanol–water partition coefficient (Wildman–Crippen LogP) is 3.94. The number of nitrogens with one attached hydrogen (secondary N) is 2. The summed E-state index contributed by atoms with van der Waals surface area (Å²) in [6.07, 6.45) is -0.457. The Morgan fingerprint density at radius 2 is 1.35 bits per heavy atom. The largest absolute Gasteiger partial charge is 0.480 e. The summed E-state index contributed by atoms with van der Waals surface area (Å²) in [7, 11) is 0. The van der Waals surface area contributed by atoms with E-state index >= 15 is 0 Å². The van der Waals surface area contributed by atoms with Crippen molar-refractivity contribution in [2.45, 2.75) is 31.5 Å². The summed E-state index contributed by atoms with van der Waals surface area (Å²) in [5.74, 6) is -1.75. The molecule has 176 valence electrons. The van der Waals surface area contributed by atoms with E-state index in [-0.39, 0.29) is 19.4 Å². The number of alkyl carbamates (subject to hydrolysis) is 1. The molecule has 2 atom stereocenters. The third kappa shape index (κ3) is 8.18. The molecule has 8 heteroatoms. The van der Waals surface area contributed by atoms with Crippen molar-refractivity contribution in [3.05, 3.63) is 105 Å². The van der Waals surface area contributed by atoms with E-state index in [0.29, 0.717) is 0 Å². The van der Waals surface area contributed by atoms with E-state index < -0.39 is 30.1 Å². The van der Waals surface area contributed by atoms with Gasteiger partial charge in [0, 0.05) is 16.4 Å². The monoisotopic (exact) mass is 572 g/mol. The fourth-order valence-electron chi connectivity index (χ4n) is 3.34. The van der Waals surface area contributed by atoms with Crippen molar-refractivity contribution in [1.29, 1.82) is 0 Å². The smallest absolute Gasteiger partial charge is 0.408 e. The lowest BCUT2D eigenvalue weighted by atomic mass is 10.0. The first-order chi connectivity index (χ1) is 16.4. The Bertz CT molecular complexity index is 1110. The maximum atomic E-state index is 13.1. The first-order valence-electron chi connectivity index (χ1n) is 10.7. The maximum Gasteiger partial charge on any atom is 0.408 e. The number of benzene rings is 3. The van der Waals surface area contributed by atoms with E-state index in [9.17, 15) is 19.5 Å². The first kappa shape index (κ1) is 25.2. The number of hydrogen-bond donors (Lipinski definition) is 3. The average Bonchev–Trinajstić information content (AvgIpc) is 2.83. The molecule has 0 bridgehead atoms. The molecule has 34 heavy (non-hydrogen) atoms. The standard InChI is InChI=1S/C26H25IN2O5/c27-21-13-7-12-20(14-21)16-23(25(31)32)28-24(30)22(15-18-8-3-1-4-9-18)29-26(33)34-17-19-10-5-2-6-11-19/h1-14,22-23H,15-17H2,(H,28,30)(H,29,33)(H,31,32)/t22-,23+/m1/s1. The number of carboxylic acids is 1. The van der Waals surface area contributed by atoms with Gasteiger partial charge >= 0.3 is 12.1 Å². The van der Waals surface area contributed by atoms with Crippen LogP contribution in [-0.2, 0) is 33.8 Å². The van der Waals surface area contributed by atoms with E-state index in [1.165, 1.54) is 0 Å². The quantitative estimate of drug-likeness (QED) is 0.320. The van der Waals surface area contributed by atoms with Crippen LogP contribution in [0.25, 0.3) is 0 Å². The normalized spacial score (nSPS) is 12.3. The van der Waals surface area contributed by atoms with E-state index in [0.717, 1.165) is 20.3 Å². The van der Waals surface area contributed by atoms with Crippen molar-refractivity contribution >= 4 is 40.6 Å². The second-order valence-electron chi connectivity index (χ2n) is 7.68. The highest BCUT2D eigenvalue weighted by Gasteiger charge is 2.27.